The minimum absolute atomic E-state index is 0.249. The molecule has 1 N–H and O–H groups in total. The molecule has 1 rings (SSSR count). The third kappa shape index (κ3) is 2.99. The summed E-state index contributed by atoms with van der Waals surface area (Å²) in [6.07, 6.45) is 1.10. The van der Waals surface area contributed by atoms with Crippen LogP contribution in [0.3, 0.4) is 0 Å². The first-order chi connectivity index (χ1) is 6.11. The van der Waals surface area contributed by atoms with Crippen LogP contribution in [0, 0.1) is 5.92 Å². The smallest absolute Gasteiger partial charge is 0.236 e. The van der Waals surface area contributed by atoms with E-state index in [-0.39, 0.29) is 5.91 Å². The van der Waals surface area contributed by atoms with Crippen LogP contribution in [0.1, 0.15) is 27.2 Å². The summed E-state index contributed by atoms with van der Waals surface area (Å²) in [4.78, 5) is 13.5. The number of piperazine rings is 1. The molecule has 1 unspecified atom stereocenters. The van der Waals surface area contributed by atoms with Crippen molar-refractivity contribution in [2.45, 2.75) is 33.2 Å². The highest BCUT2D eigenvalue weighted by Crippen LogP contribution is 2.11. The van der Waals surface area contributed by atoms with Gasteiger partial charge in [0.2, 0.25) is 5.91 Å². The largest absolute Gasteiger partial charge is 0.338 e. The van der Waals surface area contributed by atoms with Gasteiger partial charge in [0, 0.05) is 19.1 Å². The molecule has 0 bridgehead atoms. The Bertz CT molecular complexity index is 180. The Hall–Kier alpha value is -0.570. The zero-order chi connectivity index (χ0) is 9.84. The predicted octanol–water partition coefficient (Wildman–Crippen LogP) is 0.853. The molecule has 0 aromatic carbocycles. The molecule has 0 radical (unpaired) electrons. The van der Waals surface area contributed by atoms with Crippen molar-refractivity contribution in [3.63, 3.8) is 0 Å². The summed E-state index contributed by atoms with van der Waals surface area (Å²) < 4.78 is 0. The Morgan fingerprint density at radius 3 is 2.69 bits per heavy atom. The van der Waals surface area contributed by atoms with Crippen LogP contribution in [0.2, 0.25) is 0 Å². The molecule has 1 fully saturated rings. The van der Waals surface area contributed by atoms with E-state index in [2.05, 4.69) is 26.1 Å². The summed E-state index contributed by atoms with van der Waals surface area (Å²) >= 11 is 0. The number of amides is 1. The van der Waals surface area contributed by atoms with Gasteiger partial charge < -0.3 is 10.2 Å². The average Bonchev–Trinajstić information content (AvgIpc) is 2.03. The quantitative estimate of drug-likeness (QED) is 0.705. The lowest BCUT2D eigenvalue weighted by Gasteiger charge is -2.33. The molecule has 0 aromatic heterocycles. The van der Waals surface area contributed by atoms with Gasteiger partial charge in [-0.2, -0.15) is 0 Å². The standard InChI is InChI=1S/C10H20N2O/c1-8(2)6-9(3)12-5-4-11-7-10(12)13/h8-9,11H,4-7H2,1-3H3. The summed E-state index contributed by atoms with van der Waals surface area (Å²) in [7, 11) is 0. The van der Waals surface area contributed by atoms with Crippen molar-refractivity contribution >= 4 is 5.91 Å². The Labute approximate surface area is 80.5 Å². The maximum absolute atomic E-state index is 11.5. The summed E-state index contributed by atoms with van der Waals surface area (Å²) in [6.45, 7) is 8.86. The number of hydrogen-bond acceptors (Lipinski definition) is 2. The van der Waals surface area contributed by atoms with E-state index in [0.717, 1.165) is 19.5 Å². The zero-order valence-corrected chi connectivity index (χ0v) is 8.84. The molecule has 1 aliphatic heterocycles. The Kier molecular flexibility index (Phi) is 3.72. The van der Waals surface area contributed by atoms with E-state index in [9.17, 15) is 4.79 Å². The van der Waals surface area contributed by atoms with Crippen molar-refractivity contribution in [2.24, 2.45) is 5.92 Å². The number of nitrogens with one attached hydrogen (secondary N) is 1. The highest BCUT2D eigenvalue weighted by molar-refractivity contribution is 5.79. The minimum Gasteiger partial charge on any atom is -0.338 e. The van der Waals surface area contributed by atoms with Crippen LogP contribution in [0.25, 0.3) is 0 Å². The lowest BCUT2D eigenvalue weighted by molar-refractivity contribution is -0.134. The van der Waals surface area contributed by atoms with Gasteiger partial charge in [-0.25, -0.2) is 0 Å². The van der Waals surface area contributed by atoms with Gasteiger partial charge in [0.25, 0.3) is 0 Å². The number of hydrogen-bond donors (Lipinski definition) is 1. The maximum Gasteiger partial charge on any atom is 0.236 e. The summed E-state index contributed by atoms with van der Waals surface area (Å²) in [6, 6.07) is 0.398. The Morgan fingerprint density at radius 1 is 1.46 bits per heavy atom. The molecule has 0 saturated carbocycles. The second-order valence-electron chi connectivity index (χ2n) is 4.24. The van der Waals surface area contributed by atoms with E-state index in [1.165, 1.54) is 0 Å². The topological polar surface area (TPSA) is 32.3 Å². The molecule has 76 valence electrons. The van der Waals surface area contributed by atoms with Crippen molar-refractivity contribution in [1.82, 2.24) is 10.2 Å². The molecule has 1 amide bonds. The van der Waals surface area contributed by atoms with Gasteiger partial charge >= 0.3 is 0 Å². The van der Waals surface area contributed by atoms with E-state index in [0.29, 0.717) is 18.5 Å². The second-order valence-corrected chi connectivity index (χ2v) is 4.24. The van der Waals surface area contributed by atoms with Gasteiger partial charge in [0.1, 0.15) is 0 Å². The summed E-state index contributed by atoms with van der Waals surface area (Å²) in [5.41, 5.74) is 0. The van der Waals surface area contributed by atoms with Crippen molar-refractivity contribution < 1.29 is 4.79 Å². The number of rotatable bonds is 3. The predicted molar refractivity (Wildman–Crippen MR) is 53.5 cm³/mol. The van der Waals surface area contributed by atoms with Crippen LogP contribution in [0.4, 0.5) is 0 Å². The van der Waals surface area contributed by atoms with E-state index in [4.69, 9.17) is 0 Å². The van der Waals surface area contributed by atoms with E-state index in [1.807, 2.05) is 4.90 Å². The minimum atomic E-state index is 0.249. The summed E-state index contributed by atoms with van der Waals surface area (Å²) in [5.74, 6) is 0.914. The van der Waals surface area contributed by atoms with Gasteiger partial charge in [-0.05, 0) is 19.3 Å². The van der Waals surface area contributed by atoms with Crippen LogP contribution >= 0.6 is 0 Å². The van der Waals surface area contributed by atoms with Gasteiger partial charge in [-0.3, -0.25) is 4.79 Å². The van der Waals surface area contributed by atoms with Crippen molar-refractivity contribution in [2.75, 3.05) is 19.6 Å². The van der Waals surface area contributed by atoms with Crippen molar-refractivity contribution in [3.8, 4) is 0 Å². The van der Waals surface area contributed by atoms with E-state index < -0.39 is 0 Å². The fraction of sp³-hybridized carbons (Fsp3) is 0.900. The molecule has 1 saturated heterocycles. The first kappa shape index (κ1) is 10.5. The molecule has 13 heavy (non-hydrogen) atoms. The fourth-order valence-electron chi connectivity index (χ4n) is 1.90. The lowest BCUT2D eigenvalue weighted by Crippen LogP contribution is -2.51. The van der Waals surface area contributed by atoms with Crippen LogP contribution in [0.5, 0.6) is 0 Å². The normalized spacial score (nSPS) is 20.9. The van der Waals surface area contributed by atoms with Gasteiger partial charge in [0.05, 0.1) is 6.54 Å². The third-order valence-corrected chi connectivity index (χ3v) is 2.47. The van der Waals surface area contributed by atoms with E-state index in [1.54, 1.807) is 0 Å². The molecule has 3 nitrogen and oxygen atoms in total. The average molecular weight is 184 g/mol. The maximum atomic E-state index is 11.5. The van der Waals surface area contributed by atoms with Gasteiger partial charge in [-0.1, -0.05) is 13.8 Å². The molecule has 1 aliphatic rings. The highest BCUT2D eigenvalue weighted by Gasteiger charge is 2.22. The molecule has 0 aromatic rings. The molecule has 1 heterocycles. The molecule has 0 spiro atoms. The molecular weight excluding hydrogens is 164 g/mol. The van der Waals surface area contributed by atoms with Crippen LogP contribution < -0.4 is 5.32 Å². The fourth-order valence-corrected chi connectivity index (χ4v) is 1.90. The van der Waals surface area contributed by atoms with Crippen molar-refractivity contribution in [3.05, 3.63) is 0 Å². The molecule has 0 aliphatic carbocycles. The Balaban J connectivity index is 2.43. The number of carbonyl (C=O) groups is 1. The lowest BCUT2D eigenvalue weighted by atomic mass is 10.0. The SMILES string of the molecule is CC(C)CC(C)N1CCNCC1=O. The highest BCUT2D eigenvalue weighted by atomic mass is 16.2. The van der Waals surface area contributed by atoms with Crippen LogP contribution in [-0.4, -0.2) is 36.5 Å². The Morgan fingerprint density at radius 2 is 2.15 bits per heavy atom. The van der Waals surface area contributed by atoms with E-state index >= 15 is 0 Å². The van der Waals surface area contributed by atoms with Gasteiger partial charge in [0.15, 0.2) is 0 Å². The number of carbonyl (C=O) groups excluding carboxylic acids is 1. The first-order valence-electron chi connectivity index (χ1n) is 5.11. The molecule has 3 heteroatoms. The molecular formula is C10H20N2O. The third-order valence-electron chi connectivity index (χ3n) is 2.47. The molecule has 1 atom stereocenters. The number of nitrogens with zero attached hydrogens (tertiary/aromatic N) is 1. The zero-order valence-electron chi connectivity index (χ0n) is 8.84. The summed E-state index contributed by atoms with van der Waals surface area (Å²) in [5, 5.41) is 3.08. The van der Waals surface area contributed by atoms with Crippen LogP contribution in [-0.2, 0) is 4.79 Å². The van der Waals surface area contributed by atoms with Gasteiger partial charge in [-0.15, -0.1) is 0 Å². The van der Waals surface area contributed by atoms with Crippen LogP contribution in [0.15, 0.2) is 0 Å². The van der Waals surface area contributed by atoms with Crippen molar-refractivity contribution in [1.29, 1.82) is 0 Å². The first-order valence-corrected chi connectivity index (χ1v) is 5.11. The second kappa shape index (κ2) is 4.61. The monoisotopic (exact) mass is 184 g/mol.